The monoisotopic (exact) mass is 451 g/mol. The van der Waals surface area contributed by atoms with Crippen LogP contribution in [0.1, 0.15) is 12.8 Å². The average molecular weight is 452 g/mol. The summed E-state index contributed by atoms with van der Waals surface area (Å²) in [4.78, 5) is 2.56. The molecule has 1 aromatic carbocycles. The van der Waals surface area contributed by atoms with Crippen LogP contribution in [0.25, 0.3) is 16.6 Å². The Morgan fingerprint density at radius 3 is 2.62 bits per heavy atom. The number of piperidine rings is 1. The van der Waals surface area contributed by atoms with Crippen molar-refractivity contribution in [1.82, 2.24) is 14.9 Å². The molecule has 3 aromatic rings. The fraction of sp³-hybridized carbons (Fsp3) is 0.391. The SMILES string of the molecule is N#CC1CCN(c2cccn3ncc(-c4ccc(S(=O)(=O)C5CNCCO5)cc4)c23)CC1. The molecule has 4 heterocycles. The molecule has 0 radical (unpaired) electrons. The van der Waals surface area contributed by atoms with E-state index in [1.807, 2.05) is 35.1 Å². The number of ether oxygens (including phenoxy) is 1. The molecular weight excluding hydrogens is 426 g/mol. The van der Waals surface area contributed by atoms with Crippen LogP contribution in [0.4, 0.5) is 5.69 Å². The molecule has 5 rings (SSSR count). The summed E-state index contributed by atoms with van der Waals surface area (Å²) in [6.07, 6.45) is 5.44. The second-order valence-electron chi connectivity index (χ2n) is 8.21. The molecule has 2 aromatic heterocycles. The topological polar surface area (TPSA) is 99.7 Å². The lowest BCUT2D eigenvalue weighted by atomic mass is 9.97. The molecule has 166 valence electrons. The lowest BCUT2D eigenvalue weighted by Crippen LogP contribution is -2.42. The summed E-state index contributed by atoms with van der Waals surface area (Å²) in [6.45, 7) is 3.00. The van der Waals surface area contributed by atoms with Crippen molar-refractivity contribution in [3.05, 3.63) is 48.8 Å². The smallest absolute Gasteiger partial charge is 0.206 e. The number of fused-ring (bicyclic) bond motifs is 1. The van der Waals surface area contributed by atoms with Gasteiger partial charge in [0.1, 0.15) is 0 Å². The minimum atomic E-state index is -3.56. The van der Waals surface area contributed by atoms with E-state index in [-0.39, 0.29) is 10.8 Å². The lowest BCUT2D eigenvalue weighted by Gasteiger charge is -2.31. The van der Waals surface area contributed by atoms with E-state index in [0.717, 1.165) is 48.3 Å². The third-order valence-corrected chi connectivity index (χ3v) is 8.20. The third-order valence-electron chi connectivity index (χ3n) is 6.27. The Morgan fingerprint density at radius 1 is 1.16 bits per heavy atom. The summed E-state index contributed by atoms with van der Waals surface area (Å²) >= 11 is 0. The standard InChI is InChI=1S/C23H25N5O3S/c24-14-17-7-11-27(12-8-17)21-2-1-10-28-23(21)20(15-26-28)18-3-5-19(6-4-18)32(29,30)22-16-25-9-13-31-22/h1-6,10,15,17,22,25H,7-9,11-13,16H2. The molecule has 0 saturated carbocycles. The number of nitrogens with one attached hydrogen (secondary N) is 1. The largest absolute Gasteiger partial charge is 0.370 e. The van der Waals surface area contributed by atoms with Gasteiger partial charge < -0.3 is 15.0 Å². The predicted molar refractivity (Wildman–Crippen MR) is 121 cm³/mol. The van der Waals surface area contributed by atoms with Crippen molar-refractivity contribution >= 4 is 21.0 Å². The molecule has 0 aliphatic carbocycles. The van der Waals surface area contributed by atoms with Crippen LogP contribution < -0.4 is 10.2 Å². The number of hydrogen-bond donors (Lipinski definition) is 1. The maximum Gasteiger partial charge on any atom is 0.206 e. The van der Waals surface area contributed by atoms with Crippen LogP contribution in [0.3, 0.4) is 0 Å². The van der Waals surface area contributed by atoms with Gasteiger partial charge in [0, 0.05) is 43.9 Å². The van der Waals surface area contributed by atoms with Crippen LogP contribution >= 0.6 is 0 Å². The zero-order chi connectivity index (χ0) is 22.1. The van der Waals surface area contributed by atoms with Crippen LogP contribution in [0.15, 0.2) is 53.7 Å². The van der Waals surface area contributed by atoms with Crippen molar-refractivity contribution in [1.29, 1.82) is 5.26 Å². The van der Waals surface area contributed by atoms with Crippen molar-refractivity contribution in [2.75, 3.05) is 37.7 Å². The van der Waals surface area contributed by atoms with Gasteiger partial charge in [0.25, 0.3) is 0 Å². The number of pyridine rings is 1. The Bertz CT molecular complexity index is 1250. The van der Waals surface area contributed by atoms with Crippen molar-refractivity contribution in [3.63, 3.8) is 0 Å². The van der Waals surface area contributed by atoms with Crippen LogP contribution in [-0.2, 0) is 14.6 Å². The predicted octanol–water partition coefficient (Wildman–Crippen LogP) is 2.46. The molecule has 2 saturated heterocycles. The van der Waals surface area contributed by atoms with Gasteiger partial charge in [0.2, 0.25) is 9.84 Å². The van der Waals surface area contributed by atoms with E-state index in [4.69, 9.17) is 4.74 Å². The van der Waals surface area contributed by atoms with Gasteiger partial charge in [-0.15, -0.1) is 0 Å². The summed E-state index contributed by atoms with van der Waals surface area (Å²) in [7, 11) is -3.56. The maximum absolute atomic E-state index is 12.9. The molecule has 32 heavy (non-hydrogen) atoms. The molecule has 0 bridgehead atoms. The quantitative estimate of drug-likeness (QED) is 0.650. The van der Waals surface area contributed by atoms with E-state index in [2.05, 4.69) is 27.5 Å². The van der Waals surface area contributed by atoms with Crippen molar-refractivity contribution in [2.45, 2.75) is 23.2 Å². The lowest BCUT2D eigenvalue weighted by molar-refractivity contribution is 0.0785. The number of benzene rings is 1. The first-order valence-electron chi connectivity index (χ1n) is 10.9. The van der Waals surface area contributed by atoms with Gasteiger partial charge in [0.15, 0.2) is 5.44 Å². The molecule has 2 aliphatic rings. The van der Waals surface area contributed by atoms with Gasteiger partial charge in [-0.3, -0.25) is 0 Å². The Balaban J connectivity index is 1.47. The zero-order valence-electron chi connectivity index (χ0n) is 17.6. The third kappa shape index (κ3) is 3.75. The molecule has 0 spiro atoms. The highest BCUT2D eigenvalue weighted by molar-refractivity contribution is 7.92. The van der Waals surface area contributed by atoms with E-state index in [1.165, 1.54) is 0 Å². The number of rotatable bonds is 4. The molecule has 9 heteroatoms. The van der Waals surface area contributed by atoms with Gasteiger partial charge in [-0.1, -0.05) is 12.1 Å². The fourth-order valence-electron chi connectivity index (χ4n) is 4.46. The van der Waals surface area contributed by atoms with Crippen molar-refractivity contribution < 1.29 is 13.2 Å². The number of nitrogens with zero attached hydrogens (tertiary/aromatic N) is 4. The Kier molecular flexibility index (Phi) is 5.59. The summed E-state index contributed by atoms with van der Waals surface area (Å²) in [5.74, 6) is 0.119. The minimum Gasteiger partial charge on any atom is -0.370 e. The summed E-state index contributed by atoms with van der Waals surface area (Å²) in [6, 6.07) is 13.4. The number of anilines is 1. The first-order valence-corrected chi connectivity index (χ1v) is 12.4. The van der Waals surface area contributed by atoms with Crippen LogP contribution in [0.5, 0.6) is 0 Å². The normalized spacial score (nSPS) is 20.3. The number of hydrogen-bond acceptors (Lipinski definition) is 7. The van der Waals surface area contributed by atoms with Gasteiger partial charge in [-0.2, -0.15) is 10.4 Å². The Morgan fingerprint density at radius 2 is 1.94 bits per heavy atom. The second kappa shape index (κ2) is 8.54. The molecule has 2 aliphatic heterocycles. The van der Waals surface area contributed by atoms with Gasteiger partial charge in [0.05, 0.1) is 35.0 Å². The minimum absolute atomic E-state index is 0.119. The number of sulfone groups is 1. The van der Waals surface area contributed by atoms with E-state index in [0.29, 0.717) is 19.7 Å². The van der Waals surface area contributed by atoms with Crippen LogP contribution in [-0.4, -0.2) is 56.3 Å². The fourth-order valence-corrected chi connectivity index (χ4v) is 5.89. The molecule has 1 atom stereocenters. The highest BCUT2D eigenvalue weighted by Gasteiger charge is 2.30. The van der Waals surface area contributed by atoms with Crippen LogP contribution in [0, 0.1) is 17.2 Å². The first kappa shape index (κ1) is 20.9. The van der Waals surface area contributed by atoms with E-state index in [9.17, 15) is 13.7 Å². The Hall–Kier alpha value is -2.93. The number of nitriles is 1. The summed E-state index contributed by atoms with van der Waals surface area (Å²) in [5.41, 5.74) is 3.05. The highest BCUT2D eigenvalue weighted by Crippen LogP contribution is 2.34. The van der Waals surface area contributed by atoms with E-state index >= 15 is 0 Å². The second-order valence-corrected chi connectivity index (χ2v) is 10.3. The first-order chi connectivity index (χ1) is 15.6. The maximum atomic E-state index is 12.9. The van der Waals surface area contributed by atoms with Gasteiger partial charge >= 0.3 is 0 Å². The van der Waals surface area contributed by atoms with Crippen molar-refractivity contribution in [2.24, 2.45) is 5.92 Å². The van der Waals surface area contributed by atoms with Crippen LogP contribution in [0.2, 0.25) is 0 Å². The average Bonchev–Trinajstić information content (AvgIpc) is 3.29. The summed E-state index contributed by atoms with van der Waals surface area (Å²) in [5, 5.41) is 16.8. The molecule has 0 amide bonds. The molecule has 2 fully saturated rings. The number of morpholine rings is 1. The van der Waals surface area contributed by atoms with Gasteiger partial charge in [-0.25, -0.2) is 12.9 Å². The van der Waals surface area contributed by atoms with Crippen molar-refractivity contribution in [3.8, 4) is 17.2 Å². The van der Waals surface area contributed by atoms with E-state index < -0.39 is 15.3 Å². The number of aromatic nitrogens is 2. The molecular formula is C23H25N5O3S. The highest BCUT2D eigenvalue weighted by atomic mass is 32.2. The molecule has 8 nitrogen and oxygen atoms in total. The summed E-state index contributed by atoms with van der Waals surface area (Å²) < 4.78 is 33.1. The zero-order valence-corrected chi connectivity index (χ0v) is 18.5. The molecule has 1 unspecified atom stereocenters. The Labute approximate surface area is 187 Å². The van der Waals surface area contributed by atoms with E-state index in [1.54, 1.807) is 12.1 Å². The van der Waals surface area contributed by atoms with Gasteiger partial charge in [-0.05, 0) is 42.7 Å². The molecule has 1 N–H and O–H groups in total.